The van der Waals surface area contributed by atoms with E-state index in [1.807, 2.05) is 0 Å². The van der Waals surface area contributed by atoms with Crippen LogP contribution in [-0.2, 0) is 12.6 Å². The van der Waals surface area contributed by atoms with Crippen molar-refractivity contribution in [3.63, 3.8) is 0 Å². The highest BCUT2D eigenvalue weighted by Gasteiger charge is 2.36. The van der Waals surface area contributed by atoms with Crippen LogP contribution in [0.5, 0.6) is 0 Å². The number of nitro benzene ring substituents is 1. The molecular weight excluding hydrogens is 341 g/mol. The Balaban J connectivity index is 2.78. The van der Waals surface area contributed by atoms with Gasteiger partial charge in [-0.3, -0.25) is 19.5 Å². The first-order valence-electron chi connectivity index (χ1n) is 6.39. The minimum absolute atomic E-state index is 0.170. The van der Waals surface area contributed by atoms with Crippen molar-refractivity contribution >= 4 is 5.69 Å². The second-order valence-electron chi connectivity index (χ2n) is 4.61. The van der Waals surface area contributed by atoms with Crippen LogP contribution < -0.4 is 5.56 Å². The van der Waals surface area contributed by atoms with Crippen LogP contribution in [0.1, 0.15) is 18.2 Å². The van der Waals surface area contributed by atoms with E-state index < -0.39 is 50.9 Å². The number of alkyl halides is 3. The summed E-state index contributed by atoms with van der Waals surface area (Å²) in [7, 11) is 0. The molecule has 2 aromatic rings. The summed E-state index contributed by atoms with van der Waals surface area (Å²) in [6.45, 7) is 1.27. The lowest BCUT2D eigenvalue weighted by atomic mass is 10.1. The van der Waals surface area contributed by atoms with Crippen molar-refractivity contribution < 1.29 is 26.9 Å². The molecule has 0 fully saturated rings. The molecule has 128 valence electrons. The van der Waals surface area contributed by atoms with Crippen molar-refractivity contribution in [2.45, 2.75) is 19.5 Å². The van der Waals surface area contributed by atoms with E-state index in [1.165, 1.54) is 6.92 Å². The molecule has 0 aliphatic rings. The van der Waals surface area contributed by atoms with Gasteiger partial charge in [0, 0.05) is 17.7 Å². The first-order valence-corrected chi connectivity index (χ1v) is 6.39. The van der Waals surface area contributed by atoms with E-state index in [0.29, 0.717) is 17.0 Å². The van der Waals surface area contributed by atoms with Gasteiger partial charge in [-0.2, -0.15) is 17.6 Å². The van der Waals surface area contributed by atoms with Gasteiger partial charge in [0.25, 0.3) is 5.56 Å². The summed E-state index contributed by atoms with van der Waals surface area (Å²) in [5.41, 5.74) is -5.32. The molecule has 0 amide bonds. The van der Waals surface area contributed by atoms with Gasteiger partial charge >= 0.3 is 11.9 Å². The van der Waals surface area contributed by atoms with Gasteiger partial charge in [-0.25, -0.2) is 9.37 Å². The maximum atomic E-state index is 13.9. The van der Waals surface area contributed by atoms with Gasteiger partial charge in [0.2, 0.25) is 5.82 Å². The molecule has 0 aliphatic heterocycles. The van der Waals surface area contributed by atoms with Crippen LogP contribution in [0.25, 0.3) is 5.69 Å². The van der Waals surface area contributed by atoms with Gasteiger partial charge in [-0.1, -0.05) is 6.92 Å². The van der Waals surface area contributed by atoms with Crippen molar-refractivity contribution in [2.24, 2.45) is 0 Å². The summed E-state index contributed by atoms with van der Waals surface area (Å²) in [6, 6.07) is 0.587. The molecule has 0 saturated heterocycles. The lowest BCUT2D eigenvalue weighted by molar-refractivity contribution is -0.387. The van der Waals surface area contributed by atoms with Gasteiger partial charge < -0.3 is 0 Å². The van der Waals surface area contributed by atoms with Crippen LogP contribution in [0.2, 0.25) is 0 Å². The number of nitro groups is 1. The van der Waals surface area contributed by atoms with E-state index in [1.54, 1.807) is 0 Å². The van der Waals surface area contributed by atoms with Gasteiger partial charge in [0.05, 0.1) is 10.6 Å². The van der Waals surface area contributed by atoms with Crippen LogP contribution >= 0.6 is 0 Å². The van der Waals surface area contributed by atoms with E-state index in [-0.39, 0.29) is 12.5 Å². The Labute approximate surface area is 130 Å². The first kappa shape index (κ1) is 17.5. The zero-order chi connectivity index (χ0) is 18.2. The predicted octanol–water partition coefficient (Wildman–Crippen LogP) is 3.00. The summed E-state index contributed by atoms with van der Waals surface area (Å²) in [6.07, 6.45) is -4.85. The molecule has 0 N–H and O–H groups in total. The second-order valence-corrected chi connectivity index (χ2v) is 4.61. The Bertz CT molecular complexity index is 876. The molecule has 6 nitrogen and oxygen atoms in total. The molecule has 0 unspecified atom stereocenters. The van der Waals surface area contributed by atoms with Crippen LogP contribution in [0.3, 0.4) is 0 Å². The van der Waals surface area contributed by atoms with Gasteiger partial charge in [-0.05, 0) is 6.42 Å². The van der Waals surface area contributed by atoms with Crippen LogP contribution in [0.4, 0.5) is 27.6 Å². The third-order valence-electron chi connectivity index (χ3n) is 3.16. The number of nitrogens with zero attached hydrogens (tertiary/aromatic N) is 3. The first-order chi connectivity index (χ1) is 11.1. The van der Waals surface area contributed by atoms with Crippen molar-refractivity contribution in [2.75, 3.05) is 0 Å². The molecule has 0 radical (unpaired) electrons. The maximum Gasteiger partial charge on any atom is 0.433 e. The van der Waals surface area contributed by atoms with Gasteiger partial charge in [0.1, 0.15) is 6.33 Å². The molecule has 2 rings (SSSR count). The second kappa shape index (κ2) is 5.98. The zero-order valence-electron chi connectivity index (χ0n) is 11.9. The number of hydrogen-bond acceptors (Lipinski definition) is 4. The zero-order valence-corrected chi connectivity index (χ0v) is 11.9. The van der Waals surface area contributed by atoms with E-state index in [9.17, 15) is 36.9 Å². The Morgan fingerprint density at radius 1 is 1.25 bits per heavy atom. The highest BCUT2D eigenvalue weighted by Crippen LogP contribution is 2.30. The van der Waals surface area contributed by atoms with E-state index in [0.717, 1.165) is 0 Å². The molecule has 0 spiro atoms. The van der Waals surface area contributed by atoms with E-state index >= 15 is 0 Å². The topological polar surface area (TPSA) is 78.0 Å². The standard InChI is InChI=1S/C13H8F5N3O3/c1-2-6-11(13(16,17)18)19-5-20(12(6)22)9-4-10(21(23)24)8(15)3-7(9)14/h3-5H,2H2,1H3. The smallest absolute Gasteiger partial charge is 0.269 e. The molecule has 1 aromatic carbocycles. The third kappa shape index (κ3) is 2.96. The summed E-state index contributed by atoms with van der Waals surface area (Å²) in [5.74, 6) is -2.84. The average molecular weight is 349 g/mol. The fourth-order valence-corrected chi connectivity index (χ4v) is 2.08. The Morgan fingerprint density at radius 3 is 2.38 bits per heavy atom. The SMILES string of the molecule is CCc1c(C(F)(F)F)ncn(-c2cc([N+](=O)[O-])c(F)cc2F)c1=O. The molecule has 1 aromatic heterocycles. The highest BCUT2D eigenvalue weighted by atomic mass is 19.4. The molecule has 0 saturated carbocycles. The molecule has 0 aliphatic carbocycles. The van der Waals surface area contributed by atoms with Crippen molar-refractivity contribution in [3.8, 4) is 5.69 Å². The summed E-state index contributed by atoms with van der Waals surface area (Å²) in [5, 5.41) is 10.7. The normalized spacial score (nSPS) is 11.6. The average Bonchev–Trinajstić information content (AvgIpc) is 2.46. The monoisotopic (exact) mass is 349 g/mol. The molecule has 24 heavy (non-hydrogen) atoms. The van der Waals surface area contributed by atoms with Crippen LogP contribution in [0, 0.1) is 21.7 Å². The maximum absolute atomic E-state index is 13.9. The summed E-state index contributed by atoms with van der Waals surface area (Å²) < 4.78 is 66.0. The fourth-order valence-electron chi connectivity index (χ4n) is 2.08. The van der Waals surface area contributed by atoms with Crippen molar-refractivity contribution in [1.82, 2.24) is 9.55 Å². The molecule has 0 bridgehead atoms. The lowest BCUT2D eigenvalue weighted by Gasteiger charge is -2.13. The third-order valence-corrected chi connectivity index (χ3v) is 3.16. The lowest BCUT2D eigenvalue weighted by Crippen LogP contribution is -2.28. The van der Waals surface area contributed by atoms with Gasteiger partial charge in [0.15, 0.2) is 11.5 Å². The Kier molecular flexibility index (Phi) is 4.36. The van der Waals surface area contributed by atoms with E-state index in [2.05, 4.69) is 4.98 Å². The summed E-state index contributed by atoms with van der Waals surface area (Å²) >= 11 is 0. The molecule has 0 atom stereocenters. The number of aromatic nitrogens is 2. The molecule has 11 heteroatoms. The van der Waals surface area contributed by atoms with Crippen LogP contribution in [-0.4, -0.2) is 14.5 Å². The van der Waals surface area contributed by atoms with Crippen molar-refractivity contribution in [1.29, 1.82) is 0 Å². The van der Waals surface area contributed by atoms with Crippen LogP contribution in [0.15, 0.2) is 23.3 Å². The number of rotatable bonds is 3. The minimum Gasteiger partial charge on any atom is -0.269 e. The number of halogens is 5. The highest BCUT2D eigenvalue weighted by molar-refractivity contribution is 5.46. The molecule has 1 heterocycles. The van der Waals surface area contributed by atoms with E-state index in [4.69, 9.17) is 0 Å². The largest absolute Gasteiger partial charge is 0.433 e. The summed E-state index contributed by atoms with van der Waals surface area (Å²) in [4.78, 5) is 24.8. The fraction of sp³-hybridized carbons (Fsp3) is 0.231. The predicted molar refractivity (Wildman–Crippen MR) is 70.8 cm³/mol. The van der Waals surface area contributed by atoms with Gasteiger partial charge in [-0.15, -0.1) is 0 Å². The van der Waals surface area contributed by atoms with Crippen molar-refractivity contribution in [3.05, 3.63) is 61.8 Å². The number of benzene rings is 1. The Morgan fingerprint density at radius 2 is 1.88 bits per heavy atom. The minimum atomic E-state index is -4.89. The number of hydrogen-bond donors (Lipinski definition) is 0. The Hall–Kier alpha value is -2.85. The molecular formula is C13H8F5N3O3. The quantitative estimate of drug-likeness (QED) is 0.485.